The van der Waals surface area contributed by atoms with Crippen LogP contribution < -0.4 is 10.5 Å². The summed E-state index contributed by atoms with van der Waals surface area (Å²) in [4.78, 5) is -0.151. The van der Waals surface area contributed by atoms with Gasteiger partial charge in [-0.25, -0.2) is 10.5 Å². The third-order valence-electron chi connectivity index (χ3n) is 1.11. The Labute approximate surface area is 103 Å². The maximum atomic E-state index is 10.5. The van der Waals surface area contributed by atoms with Crippen molar-refractivity contribution in [3.8, 4) is 0 Å². The van der Waals surface area contributed by atoms with Crippen LogP contribution in [0.3, 0.4) is 0 Å². The van der Waals surface area contributed by atoms with Gasteiger partial charge in [0.2, 0.25) is 0 Å². The second-order valence-electron chi connectivity index (χ2n) is 1.93. The van der Waals surface area contributed by atoms with Gasteiger partial charge in [0.25, 0.3) is 10.1 Å². The minimum absolute atomic E-state index is 0.151. The summed E-state index contributed by atoms with van der Waals surface area (Å²) in [6, 6.07) is 5.25. The van der Waals surface area contributed by atoms with Gasteiger partial charge in [-0.1, -0.05) is 11.6 Å². The second-order valence-corrected chi connectivity index (χ2v) is 3.79. The molecule has 0 aliphatic heterocycles. The molecule has 0 spiro atoms. The number of rotatable bonds is 1. The molecule has 9 heteroatoms. The highest BCUT2D eigenvalue weighted by atomic mass is 35.5. The molecule has 1 aromatic rings. The van der Waals surface area contributed by atoms with Crippen molar-refractivity contribution in [1.82, 2.24) is 0 Å². The zero-order valence-electron chi connectivity index (χ0n) is 7.27. The molecule has 1 rings (SSSR count). The monoisotopic (exact) mass is 294 g/mol. The Hall–Kier alpha value is -0.0800. The van der Waals surface area contributed by atoms with E-state index in [2.05, 4.69) is 34.1 Å². The molecule has 0 amide bonds. The molecule has 0 unspecified atom stereocenters. The molecule has 5 N–H and O–H groups in total. The zero-order valence-corrected chi connectivity index (χ0v) is 10.4. The predicted molar refractivity (Wildman–Crippen MR) is 61.3 cm³/mol. The lowest BCUT2D eigenvalue weighted by Crippen LogP contribution is -1.96. The van der Waals surface area contributed by atoms with E-state index < -0.39 is 10.1 Å². The van der Waals surface area contributed by atoms with Gasteiger partial charge < -0.3 is 0 Å². The third kappa shape index (κ3) is 7.80. The first kappa shape index (κ1) is 17.3. The minimum atomic E-state index is -4.08. The van der Waals surface area contributed by atoms with E-state index in [1.165, 1.54) is 24.3 Å². The van der Waals surface area contributed by atoms with Gasteiger partial charge in [-0.15, -0.1) is 0 Å². The van der Waals surface area contributed by atoms with Crippen LogP contribution in [0.4, 0.5) is 0 Å². The molecule has 0 radical (unpaired) electrons. The largest absolute Gasteiger partial charge is 0.294 e. The molecular weight excluding hydrogens is 287 g/mol. The average Bonchev–Trinajstić information content (AvgIpc) is 2.23. The molecule has 0 saturated carbocycles. The minimum Gasteiger partial charge on any atom is -0.282 e. The smallest absolute Gasteiger partial charge is 0.282 e. The highest BCUT2D eigenvalue weighted by Crippen LogP contribution is 2.12. The third-order valence-corrected chi connectivity index (χ3v) is 2.23. The molecule has 0 aliphatic rings. The van der Waals surface area contributed by atoms with Crippen molar-refractivity contribution < 1.29 is 13.0 Å². The summed E-state index contributed by atoms with van der Waals surface area (Å²) in [5.41, 5.74) is 0. The van der Waals surface area contributed by atoms with Crippen LogP contribution in [0.2, 0.25) is 5.02 Å². The van der Waals surface area contributed by atoms with E-state index in [1.807, 2.05) is 0 Å². The summed E-state index contributed by atoms with van der Waals surface area (Å²) < 4.78 is 29.4. The van der Waals surface area contributed by atoms with E-state index >= 15 is 0 Å². The predicted octanol–water partition coefficient (Wildman–Crippen LogP) is 1.78. The first-order chi connectivity index (χ1) is 7.00. The van der Waals surface area contributed by atoms with Gasteiger partial charge in [-0.3, -0.25) is 4.55 Å². The van der Waals surface area contributed by atoms with Crippen molar-refractivity contribution in [3.63, 3.8) is 0 Å². The Morgan fingerprint density at radius 3 is 1.60 bits per heavy atom. The first-order valence-electron chi connectivity index (χ1n) is 3.17. The van der Waals surface area contributed by atoms with Crippen molar-refractivity contribution in [2.75, 3.05) is 0 Å². The summed E-state index contributed by atoms with van der Waals surface area (Å²) in [5, 5.41) is 8.37. The fourth-order valence-corrected chi connectivity index (χ4v) is 1.21. The number of hydrogen-bond donors (Lipinski definition) is 3. The van der Waals surface area contributed by atoms with E-state index in [9.17, 15) is 8.42 Å². The Morgan fingerprint density at radius 2 is 1.33 bits per heavy atom. The zero-order chi connectivity index (χ0) is 12.5. The van der Waals surface area contributed by atoms with E-state index in [-0.39, 0.29) is 4.90 Å². The lowest BCUT2D eigenvalue weighted by atomic mass is 10.4. The van der Waals surface area contributed by atoms with Crippen LogP contribution in [0.1, 0.15) is 0 Å². The van der Waals surface area contributed by atoms with Gasteiger partial charge in [0.1, 0.15) is 0 Å². The van der Waals surface area contributed by atoms with Crippen LogP contribution in [0.25, 0.3) is 0 Å². The number of hydrogen-bond acceptors (Lipinski definition) is 4. The van der Waals surface area contributed by atoms with Gasteiger partial charge >= 0.3 is 0 Å². The van der Waals surface area contributed by atoms with Gasteiger partial charge in [0, 0.05) is 5.02 Å². The Bertz CT molecular complexity index is 354. The summed E-state index contributed by atoms with van der Waals surface area (Å²) in [6.45, 7) is 0. The number of benzene rings is 1. The van der Waals surface area contributed by atoms with Crippen molar-refractivity contribution in [3.05, 3.63) is 29.3 Å². The molecule has 0 saturated heterocycles. The van der Waals surface area contributed by atoms with Crippen molar-refractivity contribution >= 4 is 45.3 Å². The molecule has 15 heavy (non-hydrogen) atoms. The normalized spacial score (nSPS) is 9.20. The fourth-order valence-electron chi connectivity index (χ4n) is 0.607. The van der Waals surface area contributed by atoms with Gasteiger partial charge in [0.05, 0.1) is 4.90 Å². The van der Waals surface area contributed by atoms with Gasteiger partial charge in [-0.2, -0.15) is 8.42 Å². The Balaban J connectivity index is 0. The van der Waals surface area contributed by atoms with E-state index in [4.69, 9.17) is 16.2 Å². The molecule has 88 valence electrons. The maximum Gasteiger partial charge on any atom is 0.294 e. The first-order valence-corrected chi connectivity index (χ1v) is 5.86. The molecule has 0 bridgehead atoms. The SMILES string of the molecule is NCl.NCl.O=S(=O)(O)c1ccc(Cl)cc1. The lowest BCUT2D eigenvalue weighted by Gasteiger charge is -1.94. The maximum absolute atomic E-state index is 10.5. The molecule has 5 nitrogen and oxygen atoms in total. The Kier molecular flexibility index (Phi) is 10.6. The molecule has 0 fully saturated rings. The van der Waals surface area contributed by atoms with Crippen LogP contribution in [0.15, 0.2) is 29.2 Å². The van der Waals surface area contributed by atoms with E-state index in [0.29, 0.717) is 5.02 Å². The van der Waals surface area contributed by atoms with Crippen LogP contribution in [0, 0.1) is 0 Å². The molecule has 0 heterocycles. The van der Waals surface area contributed by atoms with Crippen molar-refractivity contribution in [2.45, 2.75) is 4.90 Å². The summed E-state index contributed by atoms with van der Waals surface area (Å²) >= 11 is 13.8. The molecule has 1 aromatic carbocycles. The highest BCUT2D eigenvalue weighted by Gasteiger charge is 2.07. The summed E-state index contributed by atoms with van der Waals surface area (Å²) in [5.74, 6) is 0. The van der Waals surface area contributed by atoms with Crippen molar-refractivity contribution in [2.24, 2.45) is 10.5 Å². The number of halogens is 3. The van der Waals surface area contributed by atoms with E-state index in [0.717, 1.165) is 0 Å². The second kappa shape index (κ2) is 9.17. The molecule has 0 aromatic heterocycles. The molecule has 0 atom stereocenters. The summed E-state index contributed by atoms with van der Waals surface area (Å²) in [7, 11) is -4.08. The lowest BCUT2D eigenvalue weighted by molar-refractivity contribution is 0.483. The topological polar surface area (TPSA) is 106 Å². The quantitative estimate of drug-likeness (QED) is 0.541. The van der Waals surface area contributed by atoms with Gasteiger partial charge in [-0.05, 0) is 47.8 Å². The fraction of sp³-hybridized carbons (Fsp3) is 0. The van der Waals surface area contributed by atoms with E-state index in [1.54, 1.807) is 0 Å². The average molecular weight is 296 g/mol. The Morgan fingerprint density at radius 1 is 1.00 bits per heavy atom. The van der Waals surface area contributed by atoms with Crippen LogP contribution in [-0.2, 0) is 10.1 Å². The highest BCUT2D eigenvalue weighted by molar-refractivity contribution is 7.85. The standard InChI is InChI=1S/C6H5ClO3S.2ClH2N/c7-5-1-3-6(4-2-5)11(8,9)10;2*1-2/h1-4H,(H,8,9,10);2*2H2. The number of nitrogens with two attached hydrogens (primary N) is 2. The van der Waals surface area contributed by atoms with Crippen LogP contribution in [-0.4, -0.2) is 13.0 Å². The van der Waals surface area contributed by atoms with Crippen LogP contribution in [0.5, 0.6) is 0 Å². The molecular formula is C6H9Cl3N2O3S. The van der Waals surface area contributed by atoms with Gasteiger partial charge in [0.15, 0.2) is 0 Å². The van der Waals surface area contributed by atoms with Crippen LogP contribution >= 0.6 is 35.2 Å². The van der Waals surface area contributed by atoms with Crippen molar-refractivity contribution in [1.29, 1.82) is 0 Å². The summed E-state index contributed by atoms with van der Waals surface area (Å²) in [6.07, 6.45) is 0. The molecule has 0 aliphatic carbocycles.